The number of carbonyl (C=O) groups is 1. The van der Waals surface area contributed by atoms with Crippen LogP contribution in [0.5, 0.6) is 0 Å². The maximum atomic E-state index is 12.2. The molecule has 2 rings (SSSR count). The first-order valence-electron chi connectivity index (χ1n) is 8.02. The summed E-state index contributed by atoms with van der Waals surface area (Å²) in [6.07, 6.45) is 6.89. The second-order valence-electron chi connectivity index (χ2n) is 5.70. The summed E-state index contributed by atoms with van der Waals surface area (Å²) in [4.78, 5) is 15.6. The molecular weight excluding hydrogens is 296 g/mol. The molecule has 1 aliphatic rings. The van der Waals surface area contributed by atoms with Crippen molar-refractivity contribution < 1.29 is 9.90 Å². The van der Waals surface area contributed by atoms with Crippen molar-refractivity contribution in [3.8, 4) is 0 Å². The van der Waals surface area contributed by atoms with Crippen LogP contribution in [-0.2, 0) is 4.79 Å². The Morgan fingerprint density at radius 1 is 1.41 bits per heavy atom. The Labute approximate surface area is 137 Å². The van der Waals surface area contributed by atoms with Gasteiger partial charge >= 0.3 is 0 Å². The number of amides is 1. The summed E-state index contributed by atoms with van der Waals surface area (Å²) in [7, 11) is 0. The van der Waals surface area contributed by atoms with Crippen LogP contribution in [0.3, 0.4) is 0 Å². The van der Waals surface area contributed by atoms with Crippen molar-refractivity contribution in [3.63, 3.8) is 0 Å². The van der Waals surface area contributed by atoms with Gasteiger partial charge in [-0.1, -0.05) is 18.6 Å². The van der Waals surface area contributed by atoms with E-state index in [4.69, 9.17) is 5.11 Å². The van der Waals surface area contributed by atoms with E-state index in [9.17, 15) is 4.79 Å². The van der Waals surface area contributed by atoms with Crippen LogP contribution in [-0.4, -0.2) is 47.9 Å². The first kappa shape index (κ1) is 17.3. The molecule has 0 bridgehead atoms. The van der Waals surface area contributed by atoms with E-state index in [1.54, 1.807) is 11.8 Å². The summed E-state index contributed by atoms with van der Waals surface area (Å²) in [5.41, 5.74) is 0.894. The van der Waals surface area contributed by atoms with E-state index in [0.717, 1.165) is 36.5 Å². The molecule has 1 fully saturated rings. The highest BCUT2D eigenvalue weighted by atomic mass is 32.2. The SMILES string of the molecule is CSc1ccccc1NC(=O)CCN1CCCC[C@@H]1CCO. The first-order valence-corrected chi connectivity index (χ1v) is 9.25. The minimum Gasteiger partial charge on any atom is -0.396 e. The fourth-order valence-electron chi connectivity index (χ4n) is 3.04. The molecule has 1 heterocycles. The molecule has 0 unspecified atom stereocenters. The van der Waals surface area contributed by atoms with Gasteiger partial charge in [-0.2, -0.15) is 0 Å². The van der Waals surface area contributed by atoms with Crippen LogP contribution in [0.4, 0.5) is 5.69 Å². The van der Waals surface area contributed by atoms with Crippen molar-refractivity contribution in [3.05, 3.63) is 24.3 Å². The lowest BCUT2D eigenvalue weighted by atomic mass is 9.99. The van der Waals surface area contributed by atoms with Crippen LogP contribution >= 0.6 is 11.8 Å². The number of rotatable bonds is 7. The minimum atomic E-state index is 0.0646. The number of hydrogen-bond donors (Lipinski definition) is 2. The van der Waals surface area contributed by atoms with Crippen molar-refractivity contribution >= 4 is 23.4 Å². The third-order valence-electron chi connectivity index (χ3n) is 4.22. The van der Waals surface area contributed by atoms with E-state index in [1.807, 2.05) is 30.5 Å². The predicted octanol–water partition coefficient (Wildman–Crippen LogP) is 2.97. The molecule has 1 aromatic rings. The molecule has 0 aromatic heterocycles. The van der Waals surface area contributed by atoms with Gasteiger partial charge in [0.15, 0.2) is 0 Å². The number of nitrogens with zero attached hydrogens (tertiary/aromatic N) is 1. The molecule has 1 aromatic carbocycles. The average molecular weight is 322 g/mol. The van der Waals surface area contributed by atoms with E-state index in [0.29, 0.717) is 12.5 Å². The van der Waals surface area contributed by atoms with Crippen LogP contribution in [0.1, 0.15) is 32.1 Å². The fourth-order valence-corrected chi connectivity index (χ4v) is 3.59. The Morgan fingerprint density at radius 3 is 3.00 bits per heavy atom. The van der Waals surface area contributed by atoms with Gasteiger partial charge in [-0.05, 0) is 44.2 Å². The van der Waals surface area contributed by atoms with Gasteiger partial charge in [-0.25, -0.2) is 0 Å². The Kier molecular flexibility index (Phi) is 7.22. The normalized spacial score (nSPS) is 19.1. The van der Waals surface area contributed by atoms with Gasteiger partial charge in [0.1, 0.15) is 0 Å². The van der Waals surface area contributed by atoms with E-state index >= 15 is 0 Å². The van der Waals surface area contributed by atoms with Gasteiger partial charge in [0, 0.05) is 30.5 Å². The van der Waals surface area contributed by atoms with Crippen molar-refractivity contribution in [1.29, 1.82) is 0 Å². The maximum absolute atomic E-state index is 12.2. The third-order valence-corrected chi connectivity index (χ3v) is 5.01. The lowest BCUT2D eigenvalue weighted by molar-refractivity contribution is -0.116. The molecule has 0 radical (unpaired) electrons. The largest absolute Gasteiger partial charge is 0.396 e. The molecule has 1 amide bonds. The topological polar surface area (TPSA) is 52.6 Å². The van der Waals surface area contributed by atoms with Crippen LogP contribution < -0.4 is 5.32 Å². The standard InChI is InChI=1S/C17H26N2O2S/c1-22-16-8-3-2-7-15(16)18-17(21)9-12-19-11-5-4-6-14(19)10-13-20/h2-3,7-8,14,20H,4-6,9-13H2,1H3,(H,18,21)/t14-/m1/s1. The summed E-state index contributed by atoms with van der Waals surface area (Å²) in [5.74, 6) is 0.0646. The summed E-state index contributed by atoms with van der Waals surface area (Å²) in [6, 6.07) is 8.32. The van der Waals surface area contributed by atoms with Gasteiger partial charge < -0.3 is 10.4 Å². The lowest BCUT2D eigenvalue weighted by Gasteiger charge is -2.35. The van der Waals surface area contributed by atoms with Gasteiger partial charge in [-0.15, -0.1) is 11.8 Å². The van der Waals surface area contributed by atoms with Gasteiger partial charge in [-0.3, -0.25) is 9.69 Å². The van der Waals surface area contributed by atoms with Crippen molar-refractivity contribution in [2.75, 3.05) is 31.3 Å². The second-order valence-corrected chi connectivity index (χ2v) is 6.54. The van der Waals surface area contributed by atoms with Crippen LogP contribution in [0.2, 0.25) is 0 Å². The quantitative estimate of drug-likeness (QED) is 0.758. The van der Waals surface area contributed by atoms with Gasteiger partial charge in [0.05, 0.1) is 5.69 Å². The average Bonchev–Trinajstić information content (AvgIpc) is 2.55. The number of nitrogens with one attached hydrogen (secondary N) is 1. The Morgan fingerprint density at radius 2 is 2.23 bits per heavy atom. The molecule has 0 aliphatic carbocycles. The van der Waals surface area contributed by atoms with E-state index in [2.05, 4.69) is 10.2 Å². The van der Waals surface area contributed by atoms with Crippen LogP contribution in [0.15, 0.2) is 29.2 Å². The van der Waals surface area contributed by atoms with Crippen molar-refractivity contribution in [1.82, 2.24) is 4.90 Å². The zero-order valence-corrected chi connectivity index (χ0v) is 14.1. The second kappa shape index (κ2) is 9.18. The zero-order chi connectivity index (χ0) is 15.8. The highest BCUT2D eigenvalue weighted by Gasteiger charge is 2.22. The number of thioether (sulfide) groups is 1. The summed E-state index contributed by atoms with van der Waals surface area (Å²) < 4.78 is 0. The molecule has 2 N–H and O–H groups in total. The highest BCUT2D eigenvalue weighted by molar-refractivity contribution is 7.98. The molecule has 1 saturated heterocycles. The predicted molar refractivity (Wildman–Crippen MR) is 92.4 cm³/mol. The molecule has 0 spiro atoms. The number of aliphatic hydroxyl groups is 1. The molecule has 4 nitrogen and oxygen atoms in total. The van der Waals surface area contributed by atoms with Crippen LogP contribution in [0.25, 0.3) is 0 Å². The van der Waals surface area contributed by atoms with Crippen LogP contribution in [0, 0.1) is 0 Å². The van der Waals surface area contributed by atoms with E-state index < -0.39 is 0 Å². The number of carbonyl (C=O) groups excluding carboxylic acids is 1. The minimum absolute atomic E-state index is 0.0646. The number of anilines is 1. The lowest BCUT2D eigenvalue weighted by Crippen LogP contribution is -2.41. The number of aliphatic hydroxyl groups excluding tert-OH is 1. The summed E-state index contributed by atoms with van der Waals surface area (Å²) >= 11 is 1.64. The monoisotopic (exact) mass is 322 g/mol. The molecule has 5 heteroatoms. The molecule has 0 saturated carbocycles. The Bertz CT molecular complexity index is 479. The number of benzene rings is 1. The Hall–Kier alpha value is -1.04. The molecule has 1 aliphatic heterocycles. The highest BCUT2D eigenvalue weighted by Crippen LogP contribution is 2.25. The van der Waals surface area contributed by atoms with Crippen molar-refractivity contribution in [2.45, 2.75) is 43.0 Å². The molecule has 122 valence electrons. The number of para-hydroxylation sites is 1. The van der Waals surface area contributed by atoms with Gasteiger partial charge in [0.25, 0.3) is 0 Å². The molecular formula is C17H26N2O2S. The summed E-state index contributed by atoms with van der Waals surface area (Å²) in [6.45, 7) is 2.05. The third kappa shape index (κ3) is 5.00. The first-order chi connectivity index (χ1) is 10.7. The smallest absolute Gasteiger partial charge is 0.225 e. The molecule has 22 heavy (non-hydrogen) atoms. The fraction of sp³-hybridized carbons (Fsp3) is 0.588. The van der Waals surface area contributed by atoms with Crippen molar-refractivity contribution in [2.24, 2.45) is 0 Å². The van der Waals surface area contributed by atoms with E-state index in [-0.39, 0.29) is 12.5 Å². The number of likely N-dealkylation sites (tertiary alicyclic amines) is 1. The molecule has 1 atom stereocenters. The zero-order valence-electron chi connectivity index (χ0n) is 13.3. The van der Waals surface area contributed by atoms with E-state index in [1.165, 1.54) is 12.8 Å². The number of piperidine rings is 1. The van der Waals surface area contributed by atoms with Gasteiger partial charge in [0.2, 0.25) is 5.91 Å². The maximum Gasteiger partial charge on any atom is 0.225 e. The summed E-state index contributed by atoms with van der Waals surface area (Å²) in [5, 5.41) is 12.2. The number of hydrogen-bond acceptors (Lipinski definition) is 4. The Balaban J connectivity index is 1.84.